The fourth-order valence-corrected chi connectivity index (χ4v) is 2.09. The van der Waals surface area contributed by atoms with E-state index < -0.39 is 5.92 Å². The summed E-state index contributed by atoms with van der Waals surface area (Å²) in [6.45, 7) is 4.20. The summed E-state index contributed by atoms with van der Waals surface area (Å²) in [6, 6.07) is 0. The van der Waals surface area contributed by atoms with Crippen molar-refractivity contribution in [1.29, 1.82) is 0 Å². The highest BCUT2D eigenvalue weighted by Crippen LogP contribution is 2.35. The lowest BCUT2D eigenvalue weighted by molar-refractivity contribution is -0.145. The monoisotopic (exact) mass is 252 g/mol. The second-order valence-electron chi connectivity index (χ2n) is 4.71. The van der Waals surface area contributed by atoms with Crippen molar-refractivity contribution in [3.63, 3.8) is 0 Å². The first kappa shape index (κ1) is 13.1. The number of hydrogen-bond acceptors (Lipinski definition) is 5. The molecule has 0 saturated heterocycles. The van der Waals surface area contributed by atoms with E-state index in [1.807, 2.05) is 6.92 Å². The lowest BCUT2D eigenvalue weighted by Crippen LogP contribution is -2.17. The number of esters is 1. The van der Waals surface area contributed by atoms with E-state index in [0.29, 0.717) is 24.8 Å². The molecule has 1 unspecified atom stereocenters. The molecule has 0 spiro atoms. The fourth-order valence-electron chi connectivity index (χ4n) is 2.09. The topological polar surface area (TPSA) is 65.2 Å². The predicted octanol–water partition coefficient (Wildman–Crippen LogP) is 2.78. The quantitative estimate of drug-likeness (QED) is 0.728. The molecule has 0 amide bonds. The Hall–Kier alpha value is -1.39. The predicted molar refractivity (Wildman–Crippen MR) is 65.2 cm³/mol. The molecule has 1 aliphatic carbocycles. The third-order valence-electron chi connectivity index (χ3n) is 3.37. The average molecular weight is 252 g/mol. The maximum absolute atomic E-state index is 11.8. The molecule has 2 rings (SSSR count). The van der Waals surface area contributed by atoms with Gasteiger partial charge in [0.15, 0.2) is 5.82 Å². The van der Waals surface area contributed by atoms with Gasteiger partial charge in [0.1, 0.15) is 5.92 Å². The number of carbonyl (C=O) groups is 1. The second kappa shape index (κ2) is 5.98. The van der Waals surface area contributed by atoms with Gasteiger partial charge in [-0.1, -0.05) is 24.9 Å². The van der Waals surface area contributed by atoms with Crippen LogP contribution in [0.5, 0.6) is 0 Å². The van der Waals surface area contributed by atoms with Crippen molar-refractivity contribution in [1.82, 2.24) is 10.1 Å². The molecule has 1 heterocycles. The largest absolute Gasteiger partial charge is 0.465 e. The van der Waals surface area contributed by atoms with E-state index in [9.17, 15) is 4.79 Å². The van der Waals surface area contributed by atoms with Crippen LogP contribution in [0.25, 0.3) is 0 Å². The number of nitrogens with zero attached hydrogens (tertiary/aromatic N) is 2. The Bertz CT molecular complexity index is 399. The summed E-state index contributed by atoms with van der Waals surface area (Å²) < 4.78 is 10.3. The third-order valence-corrected chi connectivity index (χ3v) is 3.37. The molecular weight excluding hydrogens is 232 g/mol. The summed E-state index contributed by atoms with van der Waals surface area (Å²) in [6.07, 6.45) is 5.04. The SMILES string of the molecule is CCCC(C(=O)OCC)c1nc(C2CCC2)no1. The minimum absolute atomic E-state index is 0.261. The Morgan fingerprint density at radius 1 is 1.50 bits per heavy atom. The third kappa shape index (κ3) is 2.71. The van der Waals surface area contributed by atoms with Crippen molar-refractivity contribution >= 4 is 5.97 Å². The van der Waals surface area contributed by atoms with E-state index >= 15 is 0 Å². The molecule has 5 heteroatoms. The van der Waals surface area contributed by atoms with Crippen LogP contribution in [-0.2, 0) is 9.53 Å². The first-order chi connectivity index (χ1) is 8.76. The van der Waals surface area contributed by atoms with Gasteiger partial charge in [-0.25, -0.2) is 0 Å². The highest BCUT2D eigenvalue weighted by molar-refractivity contribution is 5.76. The normalized spacial score (nSPS) is 17.2. The first-order valence-electron chi connectivity index (χ1n) is 6.76. The highest BCUT2D eigenvalue weighted by atomic mass is 16.5. The van der Waals surface area contributed by atoms with E-state index in [1.165, 1.54) is 6.42 Å². The number of aromatic nitrogens is 2. The smallest absolute Gasteiger partial charge is 0.318 e. The van der Waals surface area contributed by atoms with Crippen LogP contribution < -0.4 is 0 Å². The molecule has 0 aliphatic heterocycles. The van der Waals surface area contributed by atoms with Crippen molar-refractivity contribution in [3.05, 3.63) is 11.7 Å². The number of hydrogen-bond donors (Lipinski definition) is 0. The van der Waals surface area contributed by atoms with Gasteiger partial charge in [0.25, 0.3) is 0 Å². The van der Waals surface area contributed by atoms with Gasteiger partial charge in [0.2, 0.25) is 5.89 Å². The standard InChI is InChI=1S/C13H20N2O3/c1-3-6-10(13(16)17-4-2)12-14-11(15-18-12)9-7-5-8-9/h9-10H,3-8H2,1-2H3. The number of carbonyl (C=O) groups excluding carboxylic acids is 1. The van der Waals surface area contributed by atoms with E-state index in [0.717, 1.165) is 25.1 Å². The van der Waals surface area contributed by atoms with Crippen LogP contribution in [0.3, 0.4) is 0 Å². The van der Waals surface area contributed by atoms with Gasteiger partial charge in [0, 0.05) is 5.92 Å². The molecule has 5 nitrogen and oxygen atoms in total. The molecule has 100 valence electrons. The lowest BCUT2D eigenvalue weighted by atomic mass is 9.85. The van der Waals surface area contributed by atoms with E-state index in [-0.39, 0.29) is 5.97 Å². The molecule has 0 radical (unpaired) electrons. The van der Waals surface area contributed by atoms with Crippen molar-refractivity contribution < 1.29 is 14.1 Å². The van der Waals surface area contributed by atoms with Gasteiger partial charge in [-0.2, -0.15) is 4.98 Å². The van der Waals surface area contributed by atoms with Crippen LogP contribution in [-0.4, -0.2) is 22.7 Å². The zero-order valence-electron chi connectivity index (χ0n) is 11.0. The minimum Gasteiger partial charge on any atom is -0.465 e. The van der Waals surface area contributed by atoms with Gasteiger partial charge >= 0.3 is 5.97 Å². The van der Waals surface area contributed by atoms with Crippen LogP contribution in [0.2, 0.25) is 0 Å². The van der Waals surface area contributed by atoms with Crippen LogP contribution in [0, 0.1) is 0 Å². The Morgan fingerprint density at radius 2 is 2.28 bits per heavy atom. The number of ether oxygens (including phenoxy) is 1. The molecule has 1 fully saturated rings. The maximum Gasteiger partial charge on any atom is 0.318 e. The van der Waals surface area contributed by atoms with Crippen molar-refractivity contribution in [2.75, 3.05) is 6.61 Å². The van der Waals surface area contributed by atoms with Crippen molar-refractivity contribution in [2.45, 2.75) is 57.8 Å². The van der Waals surface area contributed by atoms with Gasteiger partial charge in [-0.05, 0) is 26.2 Å². The summed E-state index contributed by atoms with van der Waals surface area (Å²) in [5.74, 6) is 0.922. The fraction of sp³-hybridized carbons (Fsp3) is 0.769. The molecule has 1 saturated carbocycles. The summed E-state index contributed by atoms with van der Waals surface area (Å²) in [4.78, 5) is 16.2. The average Bonchev–Trinajstić information content (AvgIpc) is 2.72. The van der Waals surface area contributed by atoms with E-state index in [2.05, 4.69) is 10.1 Å². The summed E-state index contributed by atoms with van der Waals surface area (Å²) >= 11 is 0. The Kier molecular flexibility index (Phi) is 4.33. The molecule has 0 N–H and O–H groups in total. The van der Waals surface area contributed by atoms with Crippen LogP contribution in [0.15, 0.2) is 4.52 Å². The highest BCUT2D eigenvalue weighted by Gasteiger charge is 2.30. The van der Waals surface area contributed by atoms with E-state index in [1.54, 1.807) is 6.92 Å². The molecule has 18 heavy (non-hydrogen) atoms. The zero-order chi connectivity index (χ0) is 13.0. The molecule has 1 aliphatic rings. The van der Waals surface area contributed by atoms with Crippen LogP contribution >= 0.6 is 0 Å². The summed E-state index contributed by atoms with van der Waals surface area (Å²) in [5, 5.41) is 3.99. The van der Waals surface area contributed by atoms with E-state index in [4.69, 9.17) is 9.26 Å². The van der Waals surface area contributed by atoms with Gasteiger partial charge in [-0.3, -0.25) is 4.79 Å². The van der Waals surface area contributed by atoms with Crippen LogP contribution in [0.1, 0.15) is 69.5 Å². The summed E-state index contributed by atoms with van der Waals surface area (Å²) in [7, 11) is 0. The molecule has 0 aromatic carbocycles. The van der Waals surface area contributed by atoms with Crippen molar-refractivity contribution in [3.8, 4) is 0 Å². The second-order valence-corrected chi connectivity index (χ2v) is 4.71. The molecule has 0 bridgehead atoms. The minimum atomic E-state index is -0.406. The Morgan fingerprint density at radius 3 is 2.83 bits per heavy atom. The van der Waals surface area contributed by atoms with Crippen molar-refractivity contribution in [2.24, 2.45) is 0 Å². The molecule has 1 aromatic heterocycles. The zero-order valence-corrected chi connectivity index (χ0v) is 11.0. The number of rotatable bonds is 6. The lowest BCUT2D eigenvalue weighted by Gasteiger charge is -2.21. The van der Waals surface area contributed by atoms with Gasteiger partial charge < -0.3 is 9.26 Å². The first-order valence-corrected chi connectivity index (χ1v) is 6.76. The maximum atomic E-state index is 11.8. The Balaban J connectivity index is 2.09. The summed E-state index contributed by atoms with van der Waals surface area (Å²) in [5.41, 5.74) is 0. The van der Waals surface area contributed by atoms with Gasteiger partial charge in [-0.15, -0.1) is 0 Å². The Labute approximate surface area is 107 Å². The molecule has 1 atom stereocenters. The molecular formula is C13H20N2O3. The molecule has 1 aromatic rings. The van der Waals surface area contributed by atoms with Crippen LogP contribution in [0.4, 0.5) is 0 Å². The van der Waals surface area contributed by atoms with Gasteiger partial charge in [0.05, 0.1) is 6.61 Å².